The summed E-state index contributed by atoms with van der Waals surface area (Å²) < 4.78 is 6.97. The largest absolute Gasteiger partial charge is 0.405 e. The summed E-state index contributed by atoms with van der Waals surface area (Å²) in [6.45, 7) is 6.24. The van der Waals surface area contributed by atoms with Crippen LogP contribution in [0.4, 0.5) is 0 Å². The highest BCUT2D eigenvalue weighted by Crippen LogP contribution is 2.31. The summed E-state index contributed by atoms with van der Waals surface area (Å²) in [7, 11) is -2.17. The van der Waals surface area contributed by atoms with Gasteiger partial charge in [-0.05, 0) is 48.5 Å². The maximum Gasteiger partial charge on any atom is 0.253 e. The van der Waals surface area contributed by atoms with Crippen LogP contribution in [0.25, 0.3) is 0 Å². The molecule has 0 aromatic heterocycles. The minimum Gasteiger partial charge on any atom is -0.405 e. The van der Waals surface area contributed by atoms with Crippen LogP contribution in [0.3, 0.4) is 0 Å². The number of rotatable bonds is 7. The van der Waals surface area contributed by atoms with Crippen molar-refractivity contribution in [1.29, 1.82) is 0 Å². The number of hydrogen-bond donors (Lipinski definition) is 0. The third-order valence-corrected chi connectivity index (χ3v) is 9.24. The van der Waals surface area contributed by atoms with E-state index in [1.807, 2.05) is 0 Å². The van der Waals surface area contributed by atoms with Crippen LogP contribution in [-0.2, 0) is 4.43 Å². The molecule has 0 saturated heterocycles. The van der Waals surface area contributed by atoms with Gasteiger partial charge in [-0.25, -0.2) is 0 Å². The molecule has 2 heteroatoms. The predicted octanol–water partition coefficient (Wildman–Crippen LogP) is 4.92. The van der Waals surface area contributed by atoms with Gasteiger partial charge in [-0.2, -0.15) is 0 Å². The van der Waals surface area contributed by atoms with Gasteiger partial charge in [0.1, 0.15) is 0 Å². The van der Waals surface area contributed by atoms with E-state index in [0.717, 1.165) is 12.3 Å². The lowest BCUT2D eigenvalue weighted by atomic mass is 9.84. The molecule has 0 radical (unpaired) electrons. The Balaban J connectivity index is 1.82. The molecule has 0 N–H and O–H groups in total. The van der Waals surface area contributed by atoms with E-state index < -0.39 is 8.32 Å². The lowest BCUT2D eigenvalue weighted by molar-refractivity contribution is 0.118. The Labute approximate surface area is 153 Å². The first kappa shape index (κ1) is 18.2. The maximum atomic E-state index is 6.97. The Morgan fingerprint density at radius 1 is 1.00 bits per heavy atom. The smallest absolute Gasteiger partial charge is 0.253 e. The molecule has 0 heterocycles. The average Bonchev–Trinajstić information content (AvgIpc) is 2.68. The van der Waals surface area contributed by atoms with Crippen molar-refractivity contribution in [2.24, 2.45) is 5.92 Å². The first-order valence-electron chi connectivity index (χ1n) is 9.62. The topological polar surface area (TPSA) is 9.23 Å². The monoisotopic (exact) mass is 350 g/mol. The molecule has 1 saturated carbocycles. The highest BCUT2D eigenvalue weighted by Gasteiger charge is 2.37. The summed E-state index contributed by atoms with van der Waals surface area (Å²) in [4.78, 5) is 0. The van der Waals surface area contributed by atoms with E-state index in [1.54, 1.807) is 0 Å². The van der Waals surface area contributed by atoms with E-state index in [2.05, 4.69) is 79.9 Å². The van der Waals surface area contributed by atoms with Gasteiger partial charge in [-0.3, -0.25) is 0 Å². The van der Waals surface area contributed by atoms with Gasteiger partial charge >= 0.3 is 0 Å². The zero-order chi connectivity index (χ0) is 17.5. The Kier molecular flexibility index (Phi) is 6.27. The summed E-state index contributed by atoms with van der Waals surface area (Å²) in [5, 5.41) is 2.74. The van der Waals surface area contributed by atoms with E-state index in [0.29, 0.717) is 6.10 Å². The van der Waals surface area contributed by atoms with Crippen LogP contribution < -0.4 is 10.4 Å². The standard InChI is InChI=1S/C23H30OSi/c1-3-4-12-20-13-11-14-21(19-20)24-25(2,22-15-7-5-8-16-22)23-17-9-6-10-18-23/h3,5-10,15-18,20-21H,1,4,11-14,19H2,2H3. The number of allylic oxidation sites excluding steroid dienone is 1. The second kappa shape index (κ2) is 8.64. The minimum absolute atomic E-state index is 0.389. The molecule has 1 nitrogen and oxygen atoms in total. The van der Waals surface area contributed by atoms with E-state index in [9.17, 15) is 0 Å². The lowest BCUT2D eigenvalue weighted by Gasteiger charge is -2.37. The highest BCUT2D eigenvalue weighted by atomic mass is 28.4. The normalized spacial score (nSPS) is 21.0. The fraction of sp³-hybridized carbons (Fsp3) is 0.391. The molecule has 2 aromatic rings. The van der Waals surface area contributed by atoms with Gasteiger partial charge in [0, 0.05) is 6.10 Å². The molecule has 1 fully saturated rings. The Hall–Kier alpha value is -1.64. The van der Waals surface area contributed by atoms with Gasteiger partial charge in [-0.1, -0.05) is 79.6 Å². The molecular formula is C23H30OSi. The van der Waals surface area contributed by atoms with Crippen molar-refractivity contribution in [3.63, 3.8) is 0 Å². The minimum atomic E-state index is -2.17. The SMILES string of the molecule is C=CCCC1CCCC(O[Si](C)(c2ccccc2)c2ccccc2)C1. The molecule has 0 amide bonds. The quantitative estimate of drug-likeness (QED) is 0.509. The van der Waals surface area contributed by atoms with Crippen molar-refractivity contribution in [3.05, 3.63) is 73.3 Å². The zero-order valence-electron chi connectivity index (χ0n) is 15.4. The summed E-state index contributed by atoms with van der Waals surface area (Å²) in [5.74, 6) is 0.793. The van der Waals surface area contributed by atoms with Crippen LogP contribution in [0.15, 0.2) is 73.3 Å². The first-order chi connectivity index (χ1) is 12.2. The van der Waals surface area contributed by atoms with Gasteiger partial charge in [0.25, 0.3) is 8.32 Å². The second-order valence-corrected chi connectivity index (χ2v) is 10.9. The van der Waals surface area contributed by atoms with Gasteiger partial charge < -0.3 is 4.43 Å². The van der Waals surface area contributed by atoms with Crippen LogP contribution in [0.5, 0.6) is 0 Å². The van der Waals surface area contributed by atoms with Gasteiger partial charge in [-0.15, -0.1) is 6.58 Å². The lowest BCUT2D eigenvalue weighted by Crippen LogP contribution is -2.60. The maximum absolute atomic E-state index is 6.97. The Morgan fingerprint density at radius 2 is 1.60 bits per heavy atom. The fourth-order valence-electron chi connectivity index (χ4n) is 4.11. The van der Waals surface area contributed by atoms with Crippen LogP contribution in [-0.4, -0.2) is 14.4 Å². The molecule has 2 unspecified atom stereocenters. The molecule has 1 aliphatic rings. The van der Waals surface area contributed by atoms with Gasteiger partial charge in [0.05, 0.1) is 0 Å². The fourth-order valence-corrected chi connectivity index (χ4v) is 7.26. The van der Waals surface area contributed by atoms with Gasteiger partial charge in [0.15, 0.2) is 0 Å². The van der Waals surface area contributed by atoms with E-state index in [4.69, 9.17) is 4.43 Å². The summed E-state index contributed by atoms with van der Waals surface area (Å²) in [5.41, 5.74) is 0. The molecular weight excluding hydrogens is 320 g/mol. The van der Waals surface area contributed by atoms with Crippen molar-refractivity contribution in [2.75, 3.05) is 0 Å². The first-order valence-corrected chi connectivity index (χ1v) is 12.0. The molecule has 3 rings (SSSR count). The Morgan fingerprint density at radius 3 is 2.16 bits per heavy atom. The van der Waals surface area contributed by atoms with E-state index >= 15 is 0 Å². The highest BCUT2D eigenvalue weighted by molar-refractivity contribution is 6.96. The van der Waals surface area contributed by atoms with Crippen LogP contribution in [0, 0.1) is 5.92 Å². The molecule has 0 spiro atoms. The molecule has 2 atom stereocenters. The summed E-state index contributed by atoms with van der Waals surface area (Å²) >= 11 is 0. The molecule has 25 heavy (non-hydrogen) atoms. The summed E-state index contributed by atoms with van der Waals surface area (Å²) in [6, 6.07) is 21.7. The molecule has 2 aromatic carbocycles. The van der Waals surface area contributed by atoms with Gasteiger partial charge in [0.2, 0.25) is 0 Å². The van der Waals surface area contributed by atoms with Crippen molar-refractivity contribution < 1.29 is 4.43 Å². The third-order valence-electron chi connectivity index (χ3n) is 5.57. The zero-order valence-corrected chi connectivity index (χ0v) is 16.4. The van der Waals surface area contributed by atoms with E-state index in [-0.39, 0.29) is 0 Å². The molecule has 1 aliphatic carbocycles. The van der Waals surface area contributed by atoms with Crippen LogP contribution >= 0.6 is 0 Å². The van der Waals surface area contributed by atoms with E-state index in [1.165, 1.54) is 42.5 Å². The molecule has 132 valence electrons. The summed E-state index contributed by atoms with van der Waals surface area (Å²) in [6.07, 6.45) is 9.88. The predicted molar refractivity (Wildman–Crippen MR) is 110 cm³/mol. The third kappa shape index (κ3) is 4.50. The number of benzene rings is 2. The van der Waals surface area contributed by atoms with Crippen molar-refractivity contribution in [2.45, 2.75) is 51.2 Å². The Bertz CT molecular complexity index is 613. The second-order valence-electron chi connectivity index (χ2n) is 7.40. The number of hydrogen-bond acceptors (Lipinski definition) is 1. The van der Waals surface area contributed by atoms with Crippen molar-refractivity contribution >= 4 is 18.7 Å². The van der Waals surface area contributed by atoms with Crippen molar-refractivity contribution in [1.82, 2.24) is 0 Å². The average molecular weight is 351 g/mol. The molecule has 0 aliphatic heterocycles. The molecule has 0 bridgehead atoms. The van der Waals surface area contributed by atoms with Crippen LogP contribution in [0.1, 0.15) is 38.5 Å². The van der Waals surface area contributed by atoms with Crippen LogP contribution in [0.2, 0.25) is 6.55 Å². The van der Waals surface area contributed by atoms with Crippen molar-refractivity contribution in [3.8, 4) is 0 Å².